The Morgan fingerprint density at radius 1 is 1.03 bits per heavy atom. The summed E-state index contributed by atoms with van der Waals surface area (Å²) in [6.07, 6.45) is 5.56. The van der Waals surface area contributed by atoms with Crippen LogP contribution in [0, 0.1) is 0 Å². The predicted octanol–water partition coefficient (Wildman–Crippen LogP) is 3.90. The van der Waals surface area contributed by atoms with Gasteiger partial charge in [-0.15, -0.1) is 0 Å². The highest BCUT2D eigenvalue weighted by atomic mass is 16.5. The number of carbonyl (C=O) groups excluding carboxylic acids is 1. The van der Waals surface area contributed by atoms with Crippen LogP contribution in [0.5, 0.6) is 17.2 Å². The van der Waals surface area contributed by atoms with Crippen LogP contribution >= 0.6 is 0 Å². The van der Waals surface area contributed by atoms with E-state index in [9.17, 15) is 4.79 Å². The molecule has 8 heteroatoms. The van der Waals surface area contributed by atoms with Crippen LogP contribution in [0.1, 0.15) is 23.1 Å². The molecule has 3 aromatic rings. The Balaban J connectivity index is 1.61. The van der Waals surface area contributed by atoms with Crippen molar-refractivity contribution in [2.24, 2.45) is 0 Å². The number of amides is 2. The summed E-state index contributed by atoms with van der Waals surface area (Å²) in [7, 11) is 4.97. The first-order chi connectivity index (χ1) is 17.1. The fourth-order valence-electron chi connectivity index (χ4n) is 4.71. The number of benzene rings is 2. The SMILES string of the molecule is COc1cccc(CC2(CCNC(=O)Nc3ccncc3)NCCc3cc(OC)c(OC)cc32)c1. The van der Waals surface area contributed by atoms with Crippen LogP contribution in [-0.4, -0.2) is 45.4 Å². The first-order valence-corrected chi connectivity index (χ1v) is 11.6. The van der Waals surface area contributed by atoms with Gasteiger partial charge >= 0.3 is 6.03 Å². The van der Waals surface area contributed by atoms with E-state index in [1.165, 1.54) is 5.56 Å². The molecule has 1 aliphatic rings. The van der Waals surface area contributed by atoms with E-state index in [4.69, 9.17) is 14.2 Å². The second-order valence-electron chi connectivity index (χ2n) is 8.52. The minimum Gasteiger partial charge on any atom is -0.497 e. The van der Waals surface area contributed by atoms with Crippen molar-refractivity contribution in [1.82, 2.24) is 15.6 Å². The van der Waals surface area contributed by atoms with Gasteiger partial charge in [0.15, 0.2) is 11.5 Å². The number of aromatic nitrogens is 1. The molecular formula is C27H32N4O4. The smallest absolute Gasteiger partial charge is 0.319 e. The van der Waals surface area contributed by atoms with Gasteiger partial charge in [-0.3, -0.25) is 4.98 Å². The van der Waals surface area contributed by atoms with E-state index in [-0.39, 0.29) is 6.03 Å². The molecule has 0 bridgehead atoms. The van der Waals surface area contributed by atoms with Crippen LogP contribution in [-0.2, 0) is 18.4 Å². The van der Waals surface area contributed by atoms with Crippen LogP contribution < -0.4 is 30.2 Å². The van der Waals surface area contributed by atoms with E-state index in [1.807, 2.05) is 12.1 Å². The number of fused-ring (bicyclic) bond motifs is 1. The molecule has 0 fully saturated rings. The molecule has 0 radical (unpaired) electrons. The minimum atomic E-state index is -0.413. The number of nitrogens with zero attached hydrogens (tertiary/aromatic N) is 1. The van der Waals surface area contributed by atoms with Gasteiger partial charge < -0.3 is 30.2 Å². The normalized spacial score (nSPS) is 16.7. The summed E-state index contributed by atoms with van der Waals surface area (Å²) in [5, 5.41) is 9.62. The average Bonchev–Trinajstić information content (AvgIpc) is 2.88. The molecule has 0 saturated carbocycles. The molecule has 0 saturated heterocycles. The summed E-state index contributed by atoms with van der Waals surface area (Å²) in [5.74, 6) is 2.22. The molecule has 2 heterocycles. The number of hydrogen-bond acceptors (Lipinski definition) is 6. The lowest BCUT2D eigenvalue weighted by Crippen LogP contribution is -2.51. The lowest BCUT2D eigenvalue weighted by molar-refractivity contribution is 0.246. The summed E-state index contributed by atoms with van der Waals surface area (Å²) in [5.41, 5.74) is 3.79. The van der Waals surface area contributed by atoms with E-state index in [1.54, 1.807) is 45.9 Å². The number of urea groups is 1. The Labute approximate surface area is 206 Å². The number of carbonyl (C=O) groups is 1. The van der Waals surface area contributed by atoms with Crippen molar-refractivity contribution in [2.45, 2.75) is 24.8 Å². The van der Waals surface area contributed by atoms with Crippen LogP contribution in [0.25, 0.3) is 0 Å². The largest absolute Gasteiger partial charge is 0.497 e. The Morgan fingerprint density at radius 3 is 2.54 bits per heavy atom. The molecule has 1 unspecified atom stereocenters. The zero-order valence-corrected chi connectivity index (χ0v) is 20.4. The third-order valence-electron chi connectivity index (χ3n) is 6.40. The summed E-state index contributed by atoms with van der Waals surface area (Å²) >= 11 is 0. The first kappa shape index (κ1) is 24.3. The van der Waals surface area contributed by atoms with Gasteiger partial charge in [-0.25, -0.2) is 4.79 Å². The van der Waals surface area contributed by atoms with Gasteiger partial charge in [0.05, 0.1) is 21.3 Å². The Bertz CT molecular complexity index is 1160. The second-order valence-corrected chi connectivity index (χ2v) is 8.52. The molecular weight excluding hydrogens is 444 g/mol. The lowest BCUT2D eigenvalue weighted by Gasteiger charge is -2.41. The van der Waals surface area contributed by atoms with Crippen molar-refractivity contribution >= 4 is 11.7 Å². The first-order valence-electron chi connectivity index (χ1n) is 11.6. The van der Waals surface area contributed by atoms with Gasteiger partial charge in [0.25, 0.3) is 0 Å². The molecule has 2 aromatic carbocycles. The van der Waals surface area contributed by atoms with Crippen molar-refractivity contribution in [3.8, 4) is 17.2 Å². The molecule has 35 heavy (non-hydrogen) atoms. The molecule has 3 N–H and O–H groups in total. The maximum absolute atomic E-state index is 12.5. The quantitative estimate of drug-likeness (QED) is 0.434. The Hall–Kier alpha value is -3.78. The molecule has 4 rings (SSSR count). The lowest BCUT2D eigenvalue weighted by atomic mass is 9.75. The predicted molar refractivity (Wildman–Crippen MR) is 136 cm³/mol. The number of ether oxygens (including phenoxy) is 3. The van der Waals surface area contributed by atoms with Crippen LogP contribution in [0.2, 0.25) is 0 Å². The van der Waals surface area contributed by atoms with Crippen molar-refractivity contribution in [3.63, 3.8) is 0 Å². The molecule has 184 valence electrons. The maximum Gasteiger partial charge on any atom is 0.319 e. The second kappa shape index (κ2) is 11.1. The minimum absolute atomic E-state index is 0.254. The molecule has 8 nitrogen and oxygen atoms in total. The van der Waals surface area contributed by atoms with E-state index in [0.717, 1.165) is 42.0 Å². The van der Waals surface area contributed by atoms with Crippen LogP contribution in [0.3, 0.4) is 0 Å². The van der Waals surface area contributed by atoms with Gasteiger partial charge in [0, 0.05) is 36.7 Å². The highest BCUT2D eigenvalue weighted by Gasteiger charge is 2.37. The van der Waals surface area contributed by atoms with Crippen molar-refractivity contribution in [2.75, 3.05) is 39.7 Å². The standard InChI is InChI=1S/C27H32N4O4/c1-33-22-6-4-5-19(15-22)18-27(10-14-29-26(32)31-21-8-11-28-12-9-21)23-17-25(35-3)24(34-2)16-20(23)7-13-30-27/h4-6,8-9,11-12,15-17,30H,7,10,13-14,18H2,1-3H3,(H2,28,29,31,32). The number of pyridine rings is 1. The molecule has 0 aliphatic carbocycles. The summed E-state index contributed by atoms with van der Waals surface area (Å²) in [4.78, 5) is 16.5. The van der Waals surface area contributed by atoms with Crippen molar-refractivity contribution < 1.29 is 19.0 Å². The zero-order chi connectivity index (χ0) is 24.7. The molecule has 2 amide bonds. The summed E-state index contributed by atoms with van der Waals surface area (Å²) in [6, 6.07) is 15.5. The van der Waals surface area contributed by atoms with Crippen molar-refractivity contribution in [1.29, 1.82) is 0 Å². The molecule has 1 aliphatic heterocycles. The average molecular weight is 477 g/mol. The fourth-order valence-corrected chi connectivity index (χ4v) is 4.71. The fraction of sp³-hybridized carbons (Fsp3) is 0.333. The number of nitrogens with one attached hydrogen (secondary N) is 3. The third kappa shape index (κ3) is 5.66. The zero-order valence-electron chi connectivity index (χ0n) is 20.4. The van der Waals surface area contributed by atoms with Gasteiger partial charge in [-0.05, 0) is 72.4 Å². The van der Waals surface area contributed by atoms with E-state index in [0.29, 0.717) is 24.4 Å². The van der Waals surface area contributed by atoms with Crippen molar-refractivity contribution in [3.05, 3.63) is 77.6 Å². The van der Waals surface area contributed by atoms with Gasteiger partial charge in [-0.2, -0.15) is 0 Å². The van der Waals surface area contributed by atoms with E-state index in [2.05, 4.69) is 45.2 Å². The summed E-state index contributed by atoms with van der Waals surface area (Å²) in [6.45, 7) is 1.29. The number of hydrogen-bond donors (Lipinski definition) is 3. The van der Waals surface area contributed by atoms with Gasteiger partial charge in [-0.1, -0.05) is 12.1 Å². The van der Waals surface area contributed by atoms with Crippen LogP contribution in [0.4, 0.5) is 10.5 Å². The van der Waals surface area contributed by atoms with Gasteiger partial charge in [0.1, 0.15) is 5.75 Å². The Morgan fingerprint density at radius 2 is 1.80 bits per heavy atom. The monoisotopic (exact) mass is 476 g/mol. The van der Waals surface area contributed by atoms with E-state index < -0.39 is 5.54 Å². The highest BCUT2D eigenvalue weighted by molar-refractivity contribution is 5.89. The summed E-state index contributed by atoms with van der Waals surface area (Å²) < 4.78 is 16.6. The third-order valence-corrected chi connectivity index (χ3v) is 6.40. The molecule has 1 aromatic heterocycles. The number of rotatable bonds is 9. The molecule has 1 atom stereocenters. The number of anilines is 1. The molecule has 0 spiro atoms. The van der Waals surface area contributed by atoms with E-state index >= 15 is 0 Å². The maximum atomic E-state index is 12.5. The number of methoxy groups -OCH3 is 3. The topological polar surface area (TPSA) is 93.7 Å². The van der Waals surface area contributed by atoms with Crippen LogP contribution in [0.15, 0.2) is 60.9 Å². The highest BCUT2D eigenvalue weighted by Crippen LogP contribution is 2.41. The van der Waals surface area contributed by atoms with Gasteiger partial charge in [0.2, 0.25) is 0 Å². The Kier molecular flexibility index (Phi) is 7.72.